The minimum Gasteiger partial charge on any atom is -0.388 e. The zero-order valence-electron chi connectivity index (χ0n) is 10.4. The second-order valence-corrected chi connectivity index (χ2v) is 5.52. The zero-order valence-corrected chi connectivity index (χ0v) is 11.2. The lowest BCUT2D eigenvalue weighted by molar-refractivity contribution is 0.163. The van der Waals surface area contributed by atoms with Crippen LogP contribution < -0.4 is 0 Å². The summed E-state index contributed by atoms with van der Waals surface area (Å²) in [5.41, 5.74) is 1.65. The predicted molar refractivity (Wildman–Crippen MR) is 73.4 cm³/mol. The van der Waals surface area contributed by atoms with Gasteiger partial charge in [-0.15, -0.1) is 11.3 Å². The van der Waals surface area contributed by atoms with Gasteiger partial charge in [-0.3, -0.25) is 0 Å². The molecule has 0 fully saturated rings. The van der Waals surface area contributed by atoms with Crippen molar-refractivity contribution in [2.45, 2.75) is 32.3 Å². The molecule has 1 nitrogen and oxygen atoms in total. The van der Waals surface area contributed by atoms with E-state index in [-0.39, 0.29) is 5.82 Å². The van der Waals surface area contributed by atoms with Crippen molar-refractivity contribution in [3.8, 4) is 0 Å². The minimum absolute atomic E-state index is 0.284. The molecule has 18 heavy (non-hydrogen) atoms. The fourth-order valence-electron chi connectivity index (χ4n) is 2.05. The number of hydrogen-bond donors (Lipinski definition) is 1. The Hall–Kier alpha value is -1.19. The fourth-order valence-corrected chi connectivity index (χ4v) is 2.80. The highest BCUT2D eigenvalue weighted by molar-refractivity contribution is 7.09. The summed E-state index contributed by atoms with van der Waals surface area (Å²) in [7, 11) is 0. The van der Waals surface area contributed by atoms with Gasteiger partial charge >= 0.3 is 0 Å². The number of rotatable bonds is 5. The summed E-state index contributed by atoms with van der Waals surface area (Å²) >= 11 is 1.73. The van der Waals surface area contributed by atoms with Gasteiger partial charge in [0.1, 0.15) is 5.82 Å². The first kappa shape index (κ1) is 13.2. The van der Waals surface area contributed by atoms with E-state index in [2.05, 4.69) is 11.4 Å². The van der Waals surface area contributed by atoms with Crippen molar-refractivity contribution in [1.82, 2.24) is 0 Å². The quantitative estimate of drug-likeness (QED) is 0.856. The maximum atomic E-state index is 13.1. The topological polar surface area (TPSA) is 20.2 Å². The van der Waals surface area contributed by atoms with Gasteiger partial charge < -0.3 is 5.11 Å². The highest BCUT2D eigenvalue weighted by Crippen LogP contribution is 2.24. The summed E-state index contributed by atoms with van der Waals surface area (Å²) in [6.45, 7) is 1.90. The molecule has 0 aliphatic heterocycles. The van der Waals surface area contributed by atoms with Crippen LogP contribution in [0.3, 0.4) is 0 Å². The Morgan fingerprint density at radius 3 is 2.89 bits per heavy atom. The number of benzene rings is 1. The van der Waals surface area contributed by atoms with Crippen molar-refractivity contribution in [2.24, 2.45) is 0 Å². The Labute approximate surface area is 111 Å². The Morgan fingerprint density at radius 1 is 1.33 bits per heavy atom. The number of aryl methyl sites for hydroxylation is 2. The normalized spacial score (nSPS) is 12.6. The number of aliphatic hydroxyl groups excluding tert-OH is 1. The molecule has 0 aliphatic carbocycles. The third-order valence-electron chi connectivity index (χ3n) is 3.08. The van der Waals surface area contributed by atoms with Crippen LogP contribution in [0.5, 0.6) is 0 Å². The molecular weight excluding hydrogens is 247 g/mol. The molecule has 0 saturated heterocycles. The molecule has 1 atom stereocenters. The van der Waals surface area contributed by atoms with E-state index in [4.69, 9.17) is 0 Å². The Kier molecular flexibility index (Phi) is 4.50. The molecule has 0 saturated carbocycles. The standard InChI is InChI=1S/C15H17FOS/c1-11-7-8-12(16)10-14(11)15(17)6-2-4-13-5-3-9-18-13/h3,5,7-10,15,17H,2,4,6H2,1H3. The molecule has 2 rings (SSSR count). The van der Waals surface area contributed by atoms with Crippen LogP contribution >= 0.6 is 11.3 Å². The fraction of sp³-hybridized carbons (Fsp3) is 0.333. The monoisotopic (exact) mass is 264 g/mol. The molecule has 0 bridgehead atoms. The summed E-state index contributed by atoms with van der Waals surface area (Å²) < 4.78 is 13.1. The SMILES string of the molecule is Cc1ccc(F)cc1C(O)CCCc1cccs1. The molecule has 1 heterocycles. The maximum absolute atomic E-state index is 13.1. The van der Waals surface area contributed by atoms with E-state index < -0.39 is 6.10 Å². The third kappa shape index (κ3) is 3.40. The van der Waals surface area contributed by atoms with E-state index in [0.29, 0.717) is 12.0 Å². The highest BCUT2D eigenvalue weighted by Gasteiger charge is 2.11. The first-order valence-corrected chi connectivity index (χ1v) is 7.01. The first-order valence-electron chi connectivity index (χ1n) is 6.13. The summed E-state index contributed by atoms with van der Waals surface area (Å²) in [6, 6.07) is 8.72. The summed E-state index contributed by atoms with van der Waals surface area (Å²) in [6.07, 6.45) is 1.99. The van der Waals surface area contributed by atoms with Gasteiger partial charge in [0.25, 0.3) is 0 Å². The molecule has 1 aromatic carbocycles. The average molecular weight is 264 g/mol. The van der Waals surface area contributed by atoms with Crippen molar-refractivity contribution in [3.63, 3.8) is 0 Å². The van der Waals surface area contributed by atoms with Crippen molar-refractivity contribution < 1.29 is 9.50 Å². The van der Waals surface area contributed by atoms with Gasteiger partial charge in [0.2, 0.25) is 0 Å². The van der Waals surface area contributed by atoms with E-state index in [0.717, 1.165) is 18.4 Å². The molecule has 1 unspecified atom stereocenters. The van der Waals surface area contributed by atoms with Gasteiger partial charge in [-0.25, -0.2) is 4.39 Å². The summed E-state index contributed by atoms with van der Waals surface area (Å²) in [4.78, 5) is 1.33. The maximum Gasteiger partial charge on any atom is 0.123 e. The predicted octanol–water partition coefficient (Wildman–Crippen LogP) is 4.25. The van der Waals surface area contributed by atoms with Crippen LogP contribution in [-0.4, -0.2) is 5.11 Å². The van der Waals surface area contributed by atoms with Crippen LogP contribution in [0.1, 0.15) is 34.9 Å². The second-order valence-electron chi connectivity index (χ2n) is 4.49. The average Bonchev–Trinajstić information content (AvgIpc) is 2.85. The highest BCUT2D eigenvalue weighted by atomic mass is 32.1. The van der Waals surface area contributed by atoms with E-state index in [1.807, 2.05) is 13.0 Å². The lowest BCUT2D eigenvalue weighted by Crippen LogP contribution is -2.01. The molecule has 1 aromatic heterocycles. The molecule has 0 aliphatic rings. The number of halogens is 1. The minimum atomic E-state index is -0.569. The third-order valence-corrected chi connectivity index (χ3v) is 4.02. The number of thiophene rings is 1. The second kappa shape index (κ2) is 6.12. The molecular formula is C15H17FOS. The summed E-state index contributed by atoms with van der Waals surface area (Å²) in [5, 5.41) is 12.1. The van der Waals surface area contributed by atoms with E-state index in [9.17, 15) is 9.50 Å². The first-order chi connectivity index (χ1) is 8.66. The molecule has 0 radical (unpaired) electrons. The number of aliphatic hydroxyl groups is 1. The van der Waals surface area contributed by atoms with Crippen LogP contribution in [0, 0.1) is 12.7 Å². The van der Waals surface area contributed by atoms with Gasteiger partial charge in [-0.05, 0) is 60.9 Å². The zero-order chi connectivity index (χ0) is 13.0. The van der Waals surface area contributed by atoms with Gasteiger partial charge in [0.15, 0.2) is 0 Å². The van der Waals surface area contributed by atoms with Gasteiger partial charge in [0, 0.05) is 4.88 Å². The van der Waals surface area contributed by atoms with E-state index >= 15 is 0 Å². The molecule has 3 heteroatoms. The van der Waals surface area contributed by atoms with Crippen molar-refractivity contribution in [3.05, 3.63) is 57.5 Å². The summed E-state index contributed by atoms with van der Waals surface area (Å²) in [5.74, 6) is -0.284. The molecule has 0 spiro atoms. The molecule has 1 N–H and O–H groups in total. The van der Waals surface area contributed by atoms with Gasteiger partial charge in [-0.2, -0.15) is 0 Å². The smallest absolute Gasteiger partial charge is 0.123 e. The largest absolute Gasteiger partial charge is 0.388 e. The van der Waals surface area contributed by atoms with Crippen molar-refractivity contribution in [1.29, 1.82) is 0 Å². The molecule has 0 amide bonds. The lowest BCUT2D eigenvalue weighted by atomic mass is 9.99. The van der Waals surface area contributed by atoms with E-state index in [1.165, 1.54) is 17.0 Å². The van der Waals surface area contributed by atoms with Crippen molar-refractivity contribution >= 4 is 11.3 Å². The van der Waals surface area contributed by atoms with E-state index in [1.54, 1.807) is 17.4 Å². The Morgan fingerprint density at radius 2 is 2.17 bits per heavy atom. The Balaban J connectivity index is 1.91. The van der Waals surface area contributed by atoms with Crippen LogP contribution in [-0.2, 0) is 6.42 Å². The lowest BCUT2D eigenvalue weighted by Gasteiger charge is -2.13. The van der Waals surface area contributed by atoms with Crippen molar-refractivity contribution in [2.75, 3.05) is 0 Å². The Bertz CT molecular complexity index is 493. The van der Waals surface area contributed by atoms with Crippen LogP contribution in [0.4, 0.5) is 4.39 Å². The molecule has 96 valence electrons. The van der Waals surface area contributed by atoms with Crippen LogP contribution in [0.2, 0.25) is 0 Å². The number of hydrogen-bond acceptors (Lipinski definition) is 2. The van der Waals surface area contributed by atoms with Crippen LogP contribution in [0.15, 0.2) is 35.7 Å². The van der Waals surface area contributed by atoms with Gasteiger partial charge in [-0.1, -0.05) is 12.1 Å². The van der Waals surface area contributed by atoms with Gasteiger partial charge in [0.05, 0.1) is 6.10 Å². The van der Waals surface area contributed by atoms with Crippen LogP contribution in [0.25, 0.3) is 0 Å². The molecule has 2 aromatic rings.